The van der Waals surface area contributed by atoms with E-state index in [0.717, 1.165) is 10.6 Å². The summed E-state index contributed by atoms with van der Waals surface area (Å²) >= 11 is 7.65. The lowest BCUT2D eigenvalue weighted by atomic mass is 10.2. The Kier molecular flexibility index (Phi) is 6.53. The minimum absolute atomic E-state index is 0.102. The highest BCUT2D eigenvalue weighted by Crippen LogP contribution is 2.32. The summed E-state index contributed by atoms with van der Waals surface area (Å²) in [4.78, 5) is 26.8. The number of nitrogens with one attached hydrogen (secondary N) is 1. The first-order chi connectivity index (χ1) is 11.5. The third kappa shape index (κ3) is 4.03. The molecule has 0 unspecified atom stereocenters. The topological polar surface area (TPSA) is 78.9 Å². The van der Waals surface area contributed by atoms with E-state index in [4.69, 9.17) is 21.4 Å². The molecule has 1 heterocycles. The van der Waals surface area contributed by atoms with Gasteiger partial charge in [-0.25, -0.2) is 4.79 Å². The fourth-order valence-corrected chi connectivity index (χ4v) is 3.28. The molecule has 24 heavy (non-hydrogen) atoms. The van der Waals surface area contributed by atoms with Crippen LogP contribution in [0.15, 0.2) is 34.4 Å². The third-order valence-electron chi connectivity index (χ3n) is 3.45. The molecule has 1 aromatic carbocycles. The zero-order valence-corrected chi connectivity index (χ0v) is 15.0. The van der Waals surface area contributed by atoms with Crippen molar-refractivity contribution < 1.29 is 19.4 Å². The van der Waals surface area contributed by atoms with Gasteiger partial charge < -0.3 is 20.1 Å². The molecule has 1 amide bonds. The molecule has 1 aromatic rings. The van der Waals surface area contributed by atoms with Crippen LogP contribution in [0.3, 0.4) is 0 Å². The van der Waals surface area contributed by atoms with Gasteiger partial charge in [0.1, 0.15) is 5.70 Å². The zero-order valence-electron chi connectivity index (χ0n) is 13.5. The molecule has 1 aliphatic heterocycles. The van der Waals surface area contributed by atoms with Crippen molar-refractivity contribution in [2.45, 2.75) is 11.8 Å². The molecule has 2 rings (SSSR count). The van der Waals surface area contributed by atoms with Crippen LogP contribution in [0.4, 0.5) is 5.69 Å². The minimum atomic E-state index is -0.571. The number of nitrogens with zero attached hydrogens (tertiary/aromatic N) is 1. The molecule has 0 aromatic heterocycles. The highest BCUT2D eigenvalue weighted by atomic mass is 35.5. The van der Waals surface area contributed by atoms with Gasteiger partial charge in [-0.1, -0.05) is 18.5 Å². The summed E-state index contributed by atoms with van der Waals surface area (Å²) in [6, 6.07) is 5.35. The molecule has 6 nitrogen and oxygen atoms in total. The zero-order chi connectivity index (χ0) is 17.7. The SMILES string of the molecule is CCSc1ccc(Cl)cc1NC1=C(C(=O)OC)CN(CCO)C1=O. The maximum atomic E-state index is 12.5. The number of ether oxygens (including phenoxy) is 1. The van der Waals surface area contributed by atoms with E-state index in [2.05, 4.69) is 5.32 Å². The van der Waals surface area contributed by atoms with E-state index < -0.39 is 5.97 Å². The van der Waals surface area contributed by atoms with Gasteiger partial charge in [0.05, 0.1) is 31.5 Å². The second kappa shape index (κ2) is 8.41. The third-order valence-corrected chi connectivity index (χ3v) is 4.65. The molecule has 8 heteroatoms. The first kappa shape index (κ1) is 18.6. The lowest BCUT2D eigenvalue weighted by Gasteiger charge is -2.16. The lowest BCUT2D eigenvalue weighted by molar-refractivity contribution is -0.136. The summed E-state index contributed by atoms with van der Waals surface area (Å²) < 4.78 is 4.77. The second-order valence-corrected chi connectivity index (χ2v) is 6.74. The van der Waals surface area contributed by atoms with Crippen molar-refractivity contribution in [3.05, 3.63) is 34.5 Å². The number of thioether (sulfide) groups is 1. The fraction of sp³-hybridized carbons (Fsp3) is 0.375. The van der Waals surface area contributed by atoms with Crippen LogP contribution in [-0.2, 0) is 14.3 Å². The molecule has 0 fully saturated rings. The van der Waals surface area contributed by atoms with Crippen LogP contribution in [0, 0.1) is 0 Å². The molecule has 0 radical (unpaired) electrons. The number of rotatable bonds is 7. The molecule has 0 aliphatic carbocycles. The van der Waals surface area contributed by atoms with E-state index in [0.29, 0.717) is 10.7 Å². The highest BCUT2D eigenvalue weighted by Gasteiger charge is 2.34. The Morgan fingerprint density at radius 3 is 2.88 bits per heavy atom. The van der Waals surface area contributed by atoms with Crippen molar-refractivity contribution in [2.24, 2.45) is 0 Å². The Morgan fingerprint density at radius 1 is 1.50 bits per heavy atom. The highest BCUT2D eigenvalue weighted by molar-refractivity contribution is 7.99. The van der Waals surface area contributed by atoms with E-state index in [1.54, 1.807) is 23.9 Å². The first-order valence-electron chi connectivity index (χ1n) is 7.42. The van der Waals surface area contributed by atoms with Gasteiger partial charge in [0.15, 0.2) is 0 Å². The van der Waals surface area contributed by atoms with E-state index in [9.17, 15) is 9.59 Å². The van der Waals surface area contributed by atoms with Crippen LogP contribution < -0.4 is 5.32 Å². The summed E-state index contributed by atoms with van der Waals surface area (Å²) in [6.07, 6.45) is 0. The van der Waals surface area contributed by atoms with Gasteiger partial charge in [0.2, 0.25) is 0 Å². The van der Waals surface area contributed by atoms with E-state index >= 15 is 0 Å². The van der Waals surface area contributed by atoms with Crippen molar-refractivity contribution >= 4 is 40.9 Å². The van der Waals surface area contributed by atoms with Gasteiger partial charge in [-0.3, -0.25) is 4.79 Å². The summed E-state index contributed by atoms with van der Waals surface area (Å²) in [7, 11) is 1.27. The number of hydrogen-bond donors (Lipinski definition) is 2. The molecule has 0 spiro atoms. The van der Waals surface area contributed by atoms with Gasteiger partial charge >= 0.3 is 5.97 Å². The van der Waals surface area contributed by atoms with Crippen LogP contribution >= 0.6 is 23.4 Å². The van der Waals surface area contributed by atoms with Crippen LogP contribution in [0.2, 0.25) is 5.02 Å². The largest absolute Gasteiger partial charge is 0.466 e. The van der Waals surface area contributed by atoms with Gasteiger partial charge in [-0.05, 0) is 24.0 Å². The van der Waals surface area contributed by atoms with Gasteiger partial charge in [-0.15, -0.1) is 11.8 Å². The Morgan fingerprint density at radius 2 is 2.25 bits per heavy atom. The molecular formula is C16H19ClN2O4S. The predicted octanol–water partition coefficient (Wildman–Crippen LogP) is 2.13. The standard InChI is InChI=1S/C16H19ClN2O4S/c1-3-24-13-5-4-10(17)8-12(13)18-14-11(16(22)23-2)9-19(6-7-20)15(14)21/h4-5,8,18,20H,3,6-7,9H2,1-2H3. The number of hydrogen-bond acceptors (Lipinski definition) is 6. The molecule has 1 aliphatic rings. The van der Waals surface area contributed by atoms with Crippen molar-refractivity contribution in [2.75, 3.05) is 37.9 Å². The number of β-amino-alcohol motifs (C(OH)–C–C–N with tert-alkyl or cyclic N) is 1. The van der Waals surface area contributed by atoms with Crippen LogP contribution in [0.5, 0.6) is 0 Å². The number of halogens is 1. The van der Waals surface area contributed by atoms with Gasteiger partial charge in [0, 0.05) is 16.5 Å². The number of anilines is 1. The monoisotopic (exact) mass is 370 g/mol. The Balaban J connectivity index is 2.38. The maximum Gasteiger partial charge on any atom is 0.337 e. The minimum Gasteiger partial charge on any atom is -0.466 e. The van der Waals surface area contributed by atoms with Crippen molar-refractivity contribution in [1.82, 2.24) is 4.90 Å². The number of aliphatic hydroxyl groups is 1. The van der Waals surface area contributed by atoms with Crippen molar-refractivity contribution in [1.29, 1.82) is 0 Å². The summed E-state index contributed by atoms with van der Waals surface area (Å²) in [5.41, 5.74) is 1.06. The number of benzene rings is 1. The van der Waals surface area contributed by atoms with Gasteiger partial charge in [0.25, 0.3) is 5.91 Å². The lowest BCUT2D eigenvalue weighted by Crippen LogP contribution is -2.31. The van der Waals surface area contributed by atoms with E-state index in [-0.39, 0.29) is 36.9 Å². The first-order valence-corrected chi connectivity index (χ1v) is 8.79. The van der Waals surface area contributed by atoms with Crippen LogP contribution in [-0.4, -0.2) is 54.4 Å². The Hall–Kier alpha value is -1.70. The molecule has 0 atom stereocenters. The molecule has 0 bridgehead atoms. The number of methoxy groups -OCH3 is 1. The maximum absolute atomic E-state index is 12.5. The average molecular weight is 371 g/mol. The predicted molar refractivity (Wildman–Crippen MR) is 94.2 cm³/mol. The molecule has 2 N–H and O–H groups in total. The second-order valence-electron chi connectivity index (χ2n) is 4.99. The number of esters is 1. The van der Waals surface area contributed by atoms with Gasteiger partial charge in [-0.2, -0.15) is 0 Å². The number of carbonyl (C=O) groups excluding carboxylic acids is 2. The number of amides is 1. The van der Waals surface area contributed by atoms with Crippen molar-refractivity contribution in [3.63, 3.8) is 0 Å². The van der Waals surface area contributed by atoms with E-state index in [1.165, 1.54) is 12.0 Å². The number of aliphatic hydroxyl groups excluding tert-OH is 1. The van der Waals surface area contributed by atoms with Crippen molar-refractivity contribution in [3.8, 4) is 0 Å². The smallest absolute Gasteiger partial charge is 0.337 e. The Bertz CT molecular complexity index is 678. The Labute approximate surface area is 149 Å². The average Bonchev–Trinajstić information content (AvgIpc) is 2.87. The van der Waals surface area contributed by atoms with E-state index in [1.807, 2.05) is 13.0 Å². The molecule has 0 saturated carbocycles. The molecule has 0 saturated heterocycles. The summed E-state index contributed by atoms with van der Waals surface area (Å²) in [5, 5.41) is 12.6. The quantitative estimate of drug-likeness (QED) is 0.565. The summed E-state index contributed by atoms with van der Waals surface area (Å²) in [6.45, 7) is 2.09. The molecular weight excluding hydrogens is 352 g/mol. The van der Waals surface area contributed by atoms with Crippen LogP contribution in [0.1, 0.15) is 6.92 Å². The fourth-order valence-electron chi connectivity index (χ4n) is 2.36. The van der Waals surface area contributed by atoms with Crippen LogP contribution in [0.25, 0.3) is 0 Å². The normalized spacial score (nSPS) is 14.3. The molecule has 130 valence electrons. The number of carbonyl (C=O) groups is 2. The summed E-state index contributed by atoms with van der Waals surface area (Å²) in [5.74, 6) is -0.0704.